The predicted octanol–water partition coefficient (Wildman–Crippen LogP) is 12.2. The second-order valence-corrected chi connectivity index (χ2v) is 14.0. The fourth-order valence-electron chi connectivity index (χ4n) is 9.84. The lowest BCUT2D eigenvalue weighted by molar-refractivity contribution is 0.797. The highest BCUT2D eigenvalue weighted by Crippen LogP contribution is 2.64. The van der Waals surface area contributed by atoms with Gasteiger partial charge in [-0.25, -0.2) is 0 Å². The van der Waals surface area contributed by atoms with Crippen LogP contribution in [0.1, 0.15) is 22.3 Å². The van der Waals surface area contributed by atoms with E-state index in [0.717, 1.165) is 0 Å². The Balaban J connectivity index is 1.32. The van der Waals surface area contributed by atoms with E-state index in [4.69, 9.17) is 0 Å². The molecule has 2 aromatic heterocycles. The second-order valence-electron chi connectivity index (χ2n) is 14.0. The summed E-state index contributed by atoms with van der Waals surface area (Å²) in [7, 11) is 0. The topological polar surface area (TPSA) is 9.86 Å². The lowest BCUT2D eigenvalue weighted by Crippen LogP contribution is -2.26. The zero-order valence-corrected chi connectivity index (χ0v) is 27.7. The number of rotatable bonds is 2. The molecule has 0 saturated heterocycles. The molecule has 2 heterocycles. The SMILES string of the molecule is c1ccc(-n2c3ccccc3c3cc4c(cc32)c2ccc3c(c2n4-c2ccccc2)C2(c4ccccc4-c4ccccc42)c2ccccc2-3)cc1. The van der Waals surface area contributed by atoms with E-state index < -0.39 is 5.41 Å². The van der Waals surface area contributed by atoms with Gasteiger partial charge in [0.1, 0.15) is 0 Å². The third-order valence-electron chi connectivity index (χ3n) is 11.7. The molecule has 51 heavy (non-hydrogen) atoms. The van der Waals surface area contributed by atoms with Crippen LogP contribution in [0.2, 0.25) is 0 Å². The summed E-state index contributed by atoms with van der Waals surface area (Å²) >= 11 is 0. The highest BCUT2D eigenvalue weighted by atomic mass is 15.0. The van der Waals surface area contributed by atoms with Gasteiger partial charge in [0.05, 0.1) is 27.5 Å². The van der Waals surface area contributed by atoms with E-state index in [-0.39, 0.29) is 0 Å². The van der Waals surface area contributed by atoms with Crippen LogP contribution in [0.3, 0.4) is 0 Å². The van der Waals surface area contributed by atoms with Gasteiger partial charge in [0.2, 0.25) is 0 Å². The van der Waals surface area contributed by atoms with Crippen molar-refractivity contribution in [3.05, 3.63) is 204 Å². The van der Waals surface area contributed by atoms with Gasteiger partial charge in [0.15, 0.2) is 0 Å². The first-order valence-electron chi connectivity index (χ1n) is 17.8. The molecule has 2 aliphatic rings. The first-order chi connectivity index (χ1) is 25.3. The quantitative estimate of drug-likeness (QED) is 0.177. The van der Waals surface area contributed by atoms with E-state index in [2.05, 4.69) is 191 Å². The zero-order valence-electron chi connectivity index (χ0n) is 27.7. The van der Waals surface area contributed by atoms with E-state index in [1.807, 2.05) is 0 Å². The molecule has 0 atom stereocenters. The zero-order chi connectivity index (χ0) is 33.3. The van der Waals surface area contributed by atoms with Crippen LogP contribution in [-0.4, -0.2) is 9.13 Å². The van der Waals surface area contributed by atoms with Gasteiger partial charge in [-0.15, -0.1) is 0 Å². The Kier molecular flexibility index (Phi) is 5.20. The maximum absolute atomic E-state index is 2.56. The summed E-state index contributed by atoms with van der Waals surface area (Å²) in [4.78, 5) is 0. The summed E-state index contributed by atoms with van der Waals surface area (Å²) in [6.45, 7) is 0. The number of aromatic nitrogens is 2. The summed E-state index contributed by atoms with van der Waals surface area (Å²) in [5.41, 5.74) is 17.6. The first-order valence-corrected chi connectivity index (χ1v) is 17.8. The van der Waals surface area contributed by atoms with Crippen LogP contribution in [0.15, 0.2) is 182 Å². The molecule has 8 aromatic carbocycles. The van der Waals surface area contributed by atoms with Crippen LogP contribution in [0.4, 0.5) is 0 Å². The number of nitrogens with zero attached hydrogens (tertiary/aromatic N) is 2. The number of para-hydroxylation sites is 3. The minimum absolute atomic E-state index is 0.453. The molecule has 2 heteroatoms. The standard InChI is InChI=1S/C49H30N2/c1-3-15-31(16-4-1)50-44-26-14-10-22-36(44)39-29-46-40(30-45(39)50)38-28-27-37-35-21-9-13-25-43(35)49(47(37)48(38)51(46)32-17-5-2-6-18-32)41-23-11-7-19-33(41)34-20-8-12-24-42(34)49/h1-30H. The van der Waals surface area contributed by atoms with Gasteiger partial charge in [-0.2, -0.15) is 0 Å². The van der Waals surface area contributed by atoms with Gasteiger partial charge in [-0.05, 0) is 81.4 Å². The molecule has 0 bridgehead atoms. The monoisotopic (exact) mass is 646 g/mol. The summed E-state index contributed by atoms with van der Waals surface area (Å²) in [5.74, 6) is 0. The Bertz CT molecular complexity index is 3010. The Hall–Kier alpha value is -6.64. The van der Waals surface area contributed by atoms with Crippen molar-refractivity contribution < 1.29 is 0 Å². The summed E-state index contributed by atoms with van der Waals surface area (Å²) in [6, 6.07) is 67.6. The van der Waals surface area contributed by atoms with Gasteiger partial charge in [-0.1, -0.05) is 140 Å². The van der Waals surface area contributed by atoms with E-state index in [0.29, 0.717) is 0 Å². The molecular formula is C49H30N2. The van der Waals surface area contributed by atoms with Crippen molar-refractivity contribution in [3.63, 3.8) is 0 Å². The number of hydrogen-bond donors (Lipinski definition) is 0. The maximum atomic E-state index is 2.56. The lowest BCUT2D eigenvalue weighted by Gasteiger charge is -2.31. The molecule has 0 saturated carbocycles. The average molecular weight is 647 g/mol. The molecule has 10 aromatic rings. The smallest absolute Gasteiger partial charge is 0.0746 e. The highest BCUT2D eigenvalue weighted by Gasteiger charge is 2.53. The Morgan fingerprint density at radius 1 is 0.314 bits per heavy atom. The van der Waals surface area contributed by atoms with Crippen molar-refractivity contribution in [2.45, 2.75) is 5.41 Å². The molecule has 0 radical (unpaired) electrons. The molecule has 0 N–H and O–H groups in total. The third kappa shape index (κ3) is 3.28. The van der Waals surface area contributed by atoms with Gasteiger partial charge in [0, 0.05) is 38.5 Å². The Morgan fingerprint density at radius 3 is 1.41 bits per heavy atom. The van der Waals surface area contributed by atoms with Crippen LogP contribution in [0.25, 0.3) is 77.2 Å². The summed E-state index contributed by atoms with van der Waals surface area (Å²) in [5, 5.41) is 5.05. The number of hydrogen-bond acceptors (Lipinski definition) is 0. The third-order valence-corrected chi connectivity index (χ3v) is 11.7. The van der Waals surface area contributed by atoms with Gasteiger partial charge in [-0.3, -0.25) is 0 Å². The molecule has 236 valence electrons. The molecule has 0 amide bonds. The summed E-state index contributed by atoms with van der Waals surface area (Å²) in [6.07, 6.45) is 0. The van der Waals surface area contributed by atoms with Gasteiger partial charge in [0.25, 0.3) is 0 Å². The van der Waals surface area contributed by atoms with Gasteiger partial charge < -0.3 is 9.13 Å². The Labute approximate surface area is 295 Å². The fourth-order valence-corrected chi connectivity index (χ4v) is 9.84. The molecule has 0 fully saturated rings. The van der Waals surface area contributed by atoms with Crippen molar-refractivity contribution in [1.29, 1.82) is 0 Å². The molecule has 0 unspecified atom stereocenters. The second kappa shape index (κ2) is 9.74. The average Bonchev–Trinajstić information content (AvgIpc) is 3.89. The van der Waals surface area contributed by atoms with Crippen LogP contribution in [0.5, 0.6) is 0 Å². The molecular weight excluding hydrogens is 617 g/mol. The van der Waals surface area contributed by atoms with Crippen molar-refractivity contribution in [1.82, 2.24) is 9.13 Å². The first kappa shape index (κ1) is 27.2. The van der Waals surface area contributed by atoms with Crippen LogP contribution >= 0.6 is 0 Å². The van der Waals surface area contributed by atoms with E-state index in [9.17, 15) is 0 Å². The van der Waals surface area contributed by atoms with E-state index in [1.54, 1.807) is 0 Å². The van der Waals surface area contributed by atoms with Crippen molar-refractivity contribution in [2.75, 3.05) is 0 Å². The Morgan fingerprint density at radius 2 is 0.784 bits per heavy atom. The molecule has 1 spiro atoms. The molecule has 12 rings (SSSR count). The van der Waals surface area contributed by atoms with Crippen molar-refractivity contribution in [3.8, 4) is 33.6 Å². The van der Waals surface area contributed by atoms with Gasteiger partial charge >= 0.3 is 0 Å². The van der Waals surface area contributed by atoms with Crippen LogP contribution in [-0.2, 0) is 5.41 Å². The minimum Gasteiger partial charge on any atom is -0.309 e. The molecule has 2 aliphatic carbocycles. The lowest BCUT2D eigenvalue weighted by atomic mass is 9.70. The van der Waals surface area contributed by atoms with Crippen LogP contribution in [0, 0.1) is 0 Å². The maximum Gasteiger partial charge on any atom is 0.0746 e. The number of fused-ring (bicyclic) bond motifs is 17. The minimum atomic E-state index is -0.453. The fraction of sp³-hybridized carbons (Fsp3) is 0.0204. The van der Waals surface area contributed by atoms with E-state index in [1.165, 1.54) is 99.5 Å². The molecule has 2 nitrogen and oxygen atoms in total. The van der Waals surface area contributed by atoms with Crippen molar-refractivity contribution >= 4 is 43.6 Å². The molecule has 0 aliphatic heterocycles. The number of benzene rings is 8. The largest absolute Gasteiger partial charge is 0.309 e. The van der Waals surface area contributed by atoms with Crippen molar-refractivity contribution in [2.24, 2.45) is 0 Å². The van der Waals surface area contributed by atoms with Crippen LogP contribution < -0.4 is 0 Å². The normalized spacial score (nSPS) is 13.6. The van der Waals surface area contributed by atoms with E-state index >= 15 is 0 Å². The highest BCUT2D eigenvalue weighted by molar-refractivity contribution is 6.21. The predicted molar refractivity (Wildman–Crippen MR) is 211 cm³/mol. The summed E-state index contributed by atoms with van der Waals surface area (Å²) < 4.78 is 5.00.